The first kappa shape index (κ1) is 18.7. The SMILES string of the molecule is CC(C)(C)CC(=O)NCC(=O)NCC(C(=O)O)c1ccccc1. The lowest BCUT2D eigenvalue weighted by atomic mass is 9.92. The van der Waals surface area contributed by atoms with Gasteiger partial charge in [-0.05, 0) is 11.0 Å². The summed E-state index contributed by atoms with van der Waals surface area (Å²) in [7, 11) is 0. The summed E-state index contributed by atoms with van der Waals surface area (Å²) in [5.74, 6) is -2.43. The Hall–Kier alpha value is -2.37. The molecule has 6 nitrogen and oxygen atoms in total. The topological polar surface area (TPSA) is 95.5 Å². The third kappa shape index (κ3) is 7.44. The summed E-state index contributed by atoms with van der Waals surface area (Å²) in [5, 5.41) is 14.3. The molecular formula is C17H24N2O4. The van der Waals surface area contributed by atoms with Crippen LogP contribution >= 0.6 is 0 Å². The first-order valence-electron chi connectivity index (χ1n) is 7.50. The minimum atomic E-state index is -1.01. The van der Waals surface area contributed by atoms with Crippen LogP contribution in [0.4, 0.5) is 0 Å². The lowest BCUT2D eigenvalue weighted by Crippen LogP contribution is -2.40. The predicted octanol–water partition coefficient (Wildman–Crippen LogP) is 1.52. The number of aliphatic carboxylic acids is 1. The van der Waals surface area contributed by atoms with Crippen LogP contribution in [0.5, 0.6) is 0 Å². The number of amides is 2. The van der Waals surface area contributed by atoms with Gasteiger partial charge in [-0.3, -0.25) is 14.4 Å². The van der Waals surface area contributed by atoms with Crippen molar-refractivity contribution in [3.05, 3.63) is 35.9 Å². The van der Waals surface area contributed by atoms with E-state index in [4.69, 9.17) is 0 Å². The van der Waals surface area contributed by atoms with Crippen LogP contribution in [0.1, 0.15) is 38.7 Å². The van der Waals surface area contributed by atoms with Crippen LogP contribution in [0.15, 0.2) is 30.3 Å². The Morgan fingerprint density at radius 3 is 2.17 bits per heavy atom. The van der Waals surface area contributed by atoms with Crippen molar-refractivity contribution in [1.29, 1.82) is 0 Å². The molecule has 1 rings (SSSR count). The van der Waals surface area contributed by atoms with Crippen molar-refractivity contribution >= 4 is 17.8 Å². The minimum Gasteiger partial charge on any atom is -0.481 e. The molecule has 2 amide bonds. The molecule has 126 valence electrons. The van der Waals surface area contributed by atoms with Gasteiger partial charge in [0, 0.05) is 13.0 Å². The summed E-state index contributed by atoms with van der Waals surface area (Å²) in [6.45, 7) is 5.63. The molecule has 0 bridgehead atoms. The van der Waals surface area contributed by atoms with E-state index in [0.29, 0.717) is 12.0 Å². The molecule has 0 aliphatic rings. The maximum atomic E-state index is 11.8. The summed E-state index contributed by atoms with van der Waals surface area (Å²) < 4.78 is 0. The van der Waals surface area contributed by atoms with Gasteiger partial charge in [-0.15, -0.1) is 0 Å². The van der Waals surface area contributed by atoms with E-state index >= 15 is 0 Å². The number of rotatable bonds is 7. The van der Waals surface area contributed by atoms with Gasteiger partial charge in [-0.25, -0.2) is 0 Å². The fourth-order valence-corrected chi connectivity index (χ4v) is 2.03. The van der Waals surface area contributed by atoms with Gasteiger partial charge in [0.2, 0.25) is 11.8 Å². The van der Waals surface area contributed by atoms with E-state index < -0.39 is 17.8 Å². The summed E-state index contributed by atoms with van der Waals surface area (Å²) in [6, 6.07) is 8.71. The first-order valence-corrected chi connectivity index (χ1v) is 7.50. The van der Waals surface area contributed by atoms with Crippen LogP contribution < -0.4 is 10.6 Å². The largest absolute Gasteiger partial charge is 0.481 e. The van der Waals surface area contributed by atoms with Gasteiger partial charge in [0.1, 0.15) is 0 Å². The molecule has 0 aromatic heterocycles. The van der Waals surface area contributed by atoms with Crippen LogP contribution in [0.3, 0.4) is 0 Å². The molecule has 1 unspecified atom stereocenters. The van der Waals surface area contributed by atoms with E-state index in [1.165, 1.54) is 0 Å². The highest BCUT2D eigenvalue weighted by Gasteiger charge is 2.21. The van der Waals surface area contributed by atoms with E-state index in [1.807, 2.05) is 20.8 Å². The Labute approximate surface area is 136 Å². The molecule has 3 N–H and O–H groups in total. The number of nitrogens with one attached hydrogen (secondary N) is 2. The summed E-state index contributed by atoms with van der Waals surface area (Å²) in [5.41, 5.74) is 0.472. The molecule has 0 radical (unpaired) electrons. The van der Waals surface area contributed by atoms with Gasteiger partial charge >= 0.3 is 5.97 Å². The fourth-order valence-electron chi connectivity index (χ4n) is 2.03. The fraction of sp³-hybridized carbons (Fsp3) is 0.471. The average Bonchev–Trinajstić information content (AvgIpc) is 2.44. The van der Waals surface area contributed by atoms with Crippen LogP contribution in [-0.2, 0) is 14.4 Å². The van der Waals surface area contributed by atoms with Crippen molar-refractivity contribution in [3.8, 4) is 0 Å². The number of hydrogen-bond donors (Lipinski definition) is 3. The zero-order valence-electron chi connectivity index (χ0n) is 13.8. The Morgan fingerprint density at radius 2 is 1.65 bits per heavy atom. The van der Waals surface area contributed by atoms with Gasteiger partial charge < -0.3 is 15.7 Å². The monoisotopic (exact) mass is 320 g/mol. The second-order valence-electron chi connectivity index (χ2n) is 6.62. The molecule has 0 saturated carbocycles. The maximum Gasteiger partial charge on any atom is 0.312 e. The third-order valence-electron chi connectivity index (χ3n) is 3.14. The molecule has 0 aliphatic carbocycles. The Bertz CT molecular complexity index is 549. The van der Waals surface area contributed by atoms with E-state index in [9.17, 15) is 19.5 Å². The van der Waals surface area contributed by atoms with Gasteiger partial charge in [-0.2, -0.15) is 0 Å². The molecule has 0 spiro atoms. The zero-order chi connectivity index (χ0) is 17.5. The number of carboxylic acid groups (broad SMARTS) is 1. The quantitative estimate of drug-likeness (QED) is 0.710. The normalized spacial score (nSPS) is 12.3. The van der Waals surface area contributed by atoms with E-state index in [-0.39, 0.29) is 24.4 Å². The number of carbonyl (C=O) groups is 3. The molecular weight excluding hydrogens is 296 g/mol. The molecule has 1 aromatic rings. The lowest BCUT2D eigenvalue weighted by molar-refractivity contribution is -0.138. The van der Waals surface area contributed by atoms with Crippen molar-refractivity contribution in [2.24, 2.45) is 5.41 Å². The minimum absolute atomic E-state index is 0.0205. The number of carboxylic acids is 1. The molecule has 1 atom stereocenters. The van der Waals surface area contributed by atoms with Crippen molar-refractivity contribution in [1.82, 2.24) is 10.6 Å². The maximum absolute atomic E-state index is 11.8. The van der Waals surface area contributed by atoms with Crippen molar-refractivity contribution in [3.63, 3.8) is 0 Å². The number of carbonyl (C=O) groups excluding carboxylic acids is 2. The highest BCUT2D eigenvalue weighted by molar-refractivity contribution is 5.85. The standard InChI is InChI=1S/C17H24N2O4/c1-17(2,3)9-14(20)19-11-15(21)18-10-13(16(22)23)12-7-5-4-6-8-12/h4-8,13H,9-11H2,1-3H3,(H,18,21)(H,19,20)(H,22,23). The van der Waals surface area contributed by atoms with Gasteiger partial charge in [0.05, 0.1) is 12.5 Å². The van der Waals surface area contributed by atoms with E-state index in [1.54, 1.807) is 30.3 Å². The highest BCUT2D eigenvalue weighted by atomic mass is 16.4. The Morgan fingerprint density at radius 1 is 1.04 bits per heavy atom. The average molecular weight is 320 g/mol. The molecule has 23 heavy (non-hydrogen) atoms. The van der Waals surface area contributed by atoms with E-state index in [2.05, 4.69) is 10.6 Å². The molecule has 0 fully saturated rings. The van der Waals surface area contributed by atoms with Crippen LogP contribution in [0.2, 0.25) is 0 Å². The smallest absolute Gasteiger partial charge is 0.312 e. The van der Waals surface area contributed by atoms with Crippen molar-refractivity contribution in [2.45, 2.75) is 33.1 Å². The first-order chi connectivity index (χ1) is 10.7. The molecule has 0 saturated heterocycles. The molecule has 6 heteroatoms. The van der Waals surface area contributed by atoms with Crippen LogP contribution in [0.25, 0.3) is 0 Å². The summed E-state index contributed by atoms with van der Waals surface area (Å²) >= 11 is 0. The predicted molar refractivity (Wildman–Crippen MR) is 86.9 cm³/mol. The van der Waals surface area contributed by atoms with Crippen molar-refractivity contribution in [2.75, 3.05) is 13.1 Å². The molecule has 1 aromatic carbocycles. The molecule has 0 heterocycles. The Balaban J connectivity index is 2.45. The van der Waals surface area contributed by atoms with Crippen molar-refractivity contribution < 1.29 is 19.5 Å². The van der Waals surface area contributed by atoms with E-state index in [0.717, 1.165) is 0 Å². The number of hydrogen-bond acceptors (Lipinski definition) is 3. The van der Waals surface area contributed by atoms with Crippen LogP contribution in [-0.4, -0.2) is 36.0 Å². The van der Waals surface area contributed by atoms with Gasteiger partial charge in [0.15, 0.2) is 0 Å². The third-order valence-corrected chi connectivity index (χ3v) is 3.14. The summed E-state index contributed by atoms with van der Waals surface area (Å²) in [4.78, 5) is 34.7. The highest BCUT2D eigenvalue weighted by Crippen LogP contribution is 2.17. The second-order valence-corrected chi connectivity index (χ2v) is 6.62. The Kier molecular flexibility index (Phi) is 6.75. The van der Waals surface area contributed by atoms with Gasteiger partial charge in [-0.1, -0.05) is 51.1 Å². The molecule has 0 aliphatic heterocycles. The number of benzene rings is 1. The second kappa shape index (κ2) is 8.31. The van der Waals surface area contributed by atoms with Crippen LogP contribution in [0, 0.1) is 5.41 Å². The van der Waals surface area contributed by atoms with Gasteiger partial charge in [0.25, 0.3) is 0 Å². The zero-order valence-corrected chi connectivity index (χ0v) is 13.8. The lowest BCUT2D eigenvalue weighted by Gasteiger charge is -2.17. The summed E-state index contributed by atoms with van der Waals surface area (Å²) in [6.07, 6.45) is 0.321.